The first-order valence-electron chi connectivity index (χ1n) is 15.9. The normalized spacial score (nSPS) is 26.2. The highest BCUT2D eigenvalue weighted by molar-refractivity contribution is 9.10. The first-order chi connectivity index (χ1) is 24.6. The van der Waals surface area contributed by atoms with Crippen LogP contribution in [0.1, 0.15) is 28.3 Å². The van der Waals surface area contributed by atoms with E-state index >= 15 is 0 Å². The number of alkyl halides is 3. The second-order valence-corrected chi connectivity index (χ2v) is 17.8. The van der Waals surface area contributed by atoms with Crippen LogP contribution in [0, 0.1) is 29.6 Å². The number of benzene rings is 3. The average molecular weight is 836 g/mol. The minimum atomic E-state index is -4.66. The van der Waals surface area contributed by atoms with Gasteiger partial charge >= 0.3 is 11.0 Å². The quantitative estimate of drug-likeness (QED) is 0.204. The molecule has 2 aliphatic carbocycles. The lowest BCUT2D eigenvalue weighted by atomic mass is 9.68. The highest BCUT2D eigenvalue weighted by Crippen LogP contribution is 2.69. The number of halogens is 4. The lowest BCUT2D eigenvalue weighted by Gasteiger charge is -2.43. The Balaban J connectivity index is 1.11. The van der Waals surface area contributed by atoms with Crippen LogP contribution in [-0.4, -0.2) is 43.0 Å². The summed E-state index contributed by atoms with van der Waals surface area (Å²) in [5, 5.41) is 8.24. The molecule has 0 radical (unpaired) electrons. The van der Waals surface area contributed by atoms with Crippen molar-refractivity contribution in [3.8, 4) is 5.75 Å². The number of thioether (sulfide) groups is 1. The Kier molecular flexibility index (Phi) is 8.48. The fourth-order valence-electron chi connectivity index (χ4n) is 8.40. The Bertz CT molecular complexity index is 2330. The van der Waals surface area contributed by atoms with Crippen molar-refractivity contribution in [3.63, 3.8) is 0 Å². The van der Waals surface area contributed by atoms with E-state index in [0.717, 1.165) is 33.2 Å². The summed E-state index contributed by atoms with van der Waals surface area (Å²) in [7, 11) is -3.91. The van der Waals surface area contributed by atoms with E-state index in [2.05, 4.69) is 26.2 Å². The van der Waals surface area contributed by atoms with Crippen LogP contribution in [0.4, 0.5) is 24.5 Å². The summed E-state index contributed by atoms with van der Waals surface area (Å²) >= 11 is 6.04. The molecular formula is C34H26BrF3N4O7S3. The Morgan fingerprint density at radius 3 is 2.42 bits per heavy atom. The van der Waals surface area contributed by atoms with E-state index in [1.807, 2.05) is 6.07 Å². The second-order valence-electron chi connectivity index (χ2n) is 13.1. The molecule has 4 aliphatic rings. The van der Waals surface area contributed by atoms with Gasteiger partial charge in [0.1, 0.15) is 5.75 Å². The Morgan fingerprint density at radius 1 is 1.02 bits per heavy atom. The number of nitrogens with one attached hydrogen (secondary N) is 2. The number of imide groups is 1. The SMILES string of the molecule is NS(=O)(=O)c1ccc(NC(=O)COc2ccc(Br)cc2[C@H]2c3sc(=O)[nH]c3SC3C2[C@H]2C[C@@H]3C3C(=O)N(c4cccc(C(F)(F)F)c4)C(=O)C32)cc1. The van der Waals surface area contributed by atoms with E-state index in [1.54, 1.807) is 12.1 Å². The number of carbonyl (C=O) groups excluding carboxylic acids is 3. The van der Waals surface area contributed by atoms with Crippen molar-refractivity contribution in [2.45, 2.75) is 33.7 Å². The molecule has 3 amide bonds. The summed E-state index contributed by atoms with van der Waals surface area (Å²) < 4.78 is 70.7. The van der Waals surface area contributed by atoms with Gasteiger partial charge in [0, 0.05) is 31.8 Å². The number of aromatic nitrogens is 1. The maximum Gasteiger partial charge on any atom is 0.416 e. The zero-order valence-electron chi connectivity index (χ0n) is 26.4. The third-order valence-corrected chi connectivity index (χ3v) is 14.3. The number of rotatable bonds is 7. The molecule has 3 heterocycles. The van der Waals surface area contributed by atoms with Crippen LogP contribution < -0.4 is 25.0 Å². The van der Waals surface area contributed by atoms with Crippen LogP contribution in [0.5, 0.6) is 5.75 Å². The first kappa shape index (κ1) is 35.1. The fraction of sp³-hybridized carbons (Fsp3) is 0.294. The van der Waals surface area contributed by atoms with Gasteiger partial charge in [-0.15, -0.1) is 11.8 Å². The van der Waals surface area contributed by atoms with E-state index in [-0.39, 0.29) is 38.5 Å². The van der Waals surface area contributed by atoms with Crippen molar-refractivity contribution in [1.29, 1.82) is 0 Å². The lowest BCUT2D eigenvalue weighted by molar-refractivity contribution is -0.137. The van der Waals surface area contributed by atoms with E-state index in [9.17, 15) is 40.8 Å². The van der Waals surface area contributed by atoms with Gasteiger partial charge in [-0.05, 0) is 84.8 Å². The van der Waals surface area contributed by atoms with Gasteiger partial charge in [0.2, 0.25) is 21.8 Å². The van der Waals surface area contributed by atoms with Crippen molar-refractivity contribution >= 4 is 78.1 Å². The minimum Gasteiger partial charge on any atom is -0.483 e. The topological polar surface area (TPSA) is 169 Å². The number of nitrogens with zero attached hydrogens (tertiary/aromatic N) is 1. The molecule has 11 nitrogen and oxygen atoms in total. The minimum absolute atomic E-state index is 0.115. The Morgan fingerprint density at radius 2 is 1.73 bits per heavy atom. The summed E-state index contributed by atoms with van der Waals surface area (Å²) in [5.41, 5.74) is -0.103. The molecule has 7 atom stereocenters. The van der Waals surface area contributed by atoms with Crippen molar-refractivity contribution in [2.75, 3.05) is 16.8 Å². The number of sulfonamides is 1. The van der Waals surface area contributed by atoms with Crippen LogP contribution in [0.15, 0.2) is 85.9 Å². The number of primary sulfonamides is 1. The molecule has 3 fully saturated rings. The predicted molar refractivity (Wildman–Crippen MR) is 189 cm³/mol. The van der Waals surface area contributed by atoms with E-state index in [1.165, 1.54) is 48.2 Å². The number of thiazole rings is 1. The Labute approximate surface area is 310 Å². The van der Waals surface area contributed by atoms with Crippen molar-refractivity contribution in [2.24, 2.45) is 34.7 Å². The number of ether oxygens (including phenoxy) is 1. The average Bonchev–Trinajstić information content (AvgIpc) is 3.82. The van der Waals surface area contributed by atoms with Crippen LogP contribution in [0.2, 0.25) is 0 Å². The molecule has 1 aromatic heterocycles. The number of aromatic amines is 1. The van der Waals surface area contributed by atoms with Gasteiger partial charge < -0.3 is 15.0 Å². The number of amides is 3. The molecule has 4 unspecified atom stereocenters. The molecule has 4 aromatic rings. The first-order valence-corrected chi connectivity index (χ1v) is 19.9. The molecule has 52 heavy (non-hydrogen) atoms. The summed E-state index contributed by atoms with van der Waals surface area (Å²) in [6, 6.07) is 14.8. The smallest absolute Gasteiger partial charge is 0.416 e. The summed E-state index contributed by atoms with van der Waals surface area (Å²) in [4.78, 5) is 57.9. The number of hydrogen-bond donors (Lipinski definition) is 3. The maximum atomic E-state index is 14.1. The molecule has 4 N–H and O–H groups in total. The van der Waals surface area contributed by atoms with Crippen molar-refractivity contribution in [1.82, 2.24) is 4.98 Å². The van der Waals surface area contributed by atoms with E-state index < -0.39 is 63.8 Å². The molecule has 2 bridgehead atoms. The van der Waals surface area contributed by atoms with Crippen LogP contribution in [0.25, 0.3) is 0 Å². The molecule has 3 aromatic carbocycles. The number of carbonyl (C=O) groups is 3. The molecule has 0 spiro atoms. The summed E-state index contributed by atoms with van der Waals surface area (Å²) in [5.74, 6) is -4.03. The molecule has 1 saturated heterocycles. The fourth-order valence-corrected chi connectivity index (χ4v) is 12.2. The molecule has 2 saturated carbocycles. The van der Waals surface area contributed by atoms with Gasteiger partial charge in [-0.25, -0.2) is 13.6 Å². The highest BCUT2D eigenvalue weighted by atomic mass is 79.9. The number of H-pyrrole nitrogens is 1. The summed E-state index contributed by atoms with van der Waals surface area (Å²) in [6.45, 7) is -0.424. The zero-order chi connectivity index (χ0) is 36.9. The standard InChI is InChI=1S/C34H26BrF3N4O7S3/c35-15-4-9-22(49-13-23(43)40-16-5-7-18(8-6-16)52(39,47)48)19(11-15)24-25-20-12-21(28(25)50-30-29(24)51-33(46)41-30)27-26(20)31(44)42(32(27)45)17-3-1-2-14(10-17)34(36,37)38/h1-11,20-21,24-28H,12-13H2,(H,40,43)(H,41,46)(H2,39,47,48)/t20-,21-,24-,25?,26?,27?,28?/m1/s1. The van der Waals surface area contributed by atoms with E-state index in [0.29, 0.717) is 32.9 Å². The number of nitrogens with two attached hydrogens (primary N) is 1. The largest absolute Gasteiger partial charge is 0.483 e. The van der Waals surface area contributed by atoms with Gasteiger partial charge in [0.05, 0.1) is 33.0 Å². The third kappa shape index (κ3) is 5.88. The van der Waals surface area contributed by atoms with Crippen molar-refractivity contribution in [3.05, 3.63) is 96.9 Å². The predicted octanol–water partition coefficient (Wildman–Crippen LogP) is 5.56. The van der Waals surface area contributed by atoms with Gasteiger partial charge in [0.15, 0.2) is 6.61 Å². The molecular weight excluding hydrogens is 809 g/mol. The van der Waals surface area contributed by atoms with Crippen LogP contribution in [0.3, 0.4) is 0 Å². The number of fused-ring (bicyclic) bond motifs is 9. The third-order valence-electron chi connectivity index (χ3n) is 10.3. The van der Waals surface area contributed by atoms with Gasteiger partial charge in [-0.1, -0.05) is 33.3 Å². The maximum absolute atomic E-state index is 14.1. The van der Waals surface area contributed by atoms with Crippen LogP contribution >= 0.6 is 39.0 Å². The van der Waals surface area contributed by atoms with Crippen LogP contribution in [-0.2, 0) is 30.6 Å². The summed E-state index contributed by atoms with van der Waals surface area (Å²) in [6.07, 6.45) is -4.10. The lowest BCUT2D eigenvalue weighted by Crippen LogP contribution is -2.42. The number of hydrogen-bond acceptors (Lipinski definition) is 9. The molecule has 8 rings (SSSR count). The second kappa shape index (κ2) is 12.6. The molecule has 270 valence electrons. The Hall–Kier alpha value is -3.97. The van der Waals surface area contributed by atoms with Gasteiger partial charge in [-0.2, -0.15) is 13.2 Å². The van der Waals surface area contributed by atoms with Gasteiger partial charge in [-0.3, -0.25) is 24.1 Å². The van der Waals surface area contributed by atoms with Crippen molar-refractivity contribution < 1.29 is 40.7 Å². The van der Waals surface area contributed by atoms with E-state index in [4.69, 9.17) is 9.88 Å². The monoisotopic (exact) mass is 834 g/mol. The molecule has 2 aliphatic heterocycles. The number of anilines is 2. The highest BCUT2D eigenvalue weighted by Gasteiger charge is 2.70. The van der Waals surface area contributed by atoms with Gasteiger partial charge in [0.25, 0.3) is 5.91 Å². The zero-order valence-corrected chi connectivity index (χ0v) is 30.5. The molecule has 18 heteroatoms.